The predicted octanol–water partition coefficient (Wildman–Crippen LogP) is 3.35. The first-order valence-corrected chi connectivity index (χ1v) is 7.01. The number of aromatic nitrogens is 2. The molecule has 2 aromatic rings. The minimum Gasteiger partial charge on any atom is -0.497 e. The molecular formula is C16H22N2O2. The molecule has 0 bridgehead atoms. The fourth-order valence-corrected chi connectivity index (χ4v) is 2.39. The highest BCUT2D eigenvalue weighted by Crippen LogP contribution is 2.27. The van der Waals surface area contributed by atoms with E-state index in [0.29, 0.717) is 5.92 Å². The Morgan fingerprint density at radius 3 is 2.40 bits per heavy atom. The largest absolute Gasteiger partial charge is 0.497 e. The molecule has 0 radical (unpaired) electrons. The van der Waals surface area contributed by atoms with Crippen LogP contribution in [0.5, 0.6) is 11.6 Å². The van der Waals surface area contributed by atoms with Crippen LogP contribution in [0.1, 0.15) is 32.0 Å². The van der Waals surface area contributed by atoms with E-state index in [9.17, 15) is 5.11 Å². The van der Waals surface area contributed by atoms with E-state index in [1.54, 1.807) is 7.11 Å². The highest BCUT2D eigenvalue weighted by Gasteiger charge is 2.17. The van der Waals surface area contributed by atoms with E-state index in [2.05, 4.69) is 25.9 Å². The van der Waals surface area contributed by atoms with Crippen molar-refractivity contribution in [1.29, 1.82) is 0 Å². The van der Waals surface area contributed by atoms with Crippen LogP contribution in [-0.4, -0.2) is 22.0 Å². The van der Waals surface area contributed by atoms with Gasteiger partial charge in [0.05, 0.1) is 18.5 Å². The monoisotopic (exact) mass is 274 g/mol. The molecule has 1 heterocycles. The van der Waals surface area contributed by atoms with E-state index >= 15 is 0 Å². The molecule has 0 amide bonds. The van der Waals surface area contributed by atoms with Gasteiger partial charge < -0.3 is 9.84 Å². The predicted molar refractivity (Wildman–Crippen MR) is 79.7 cm³/mol. The van der Waals surface area contributed by atoms with Gasteiger partial charge in [-0.15, -0.1) is 5.10 Å². The Morgan fingerprint density at radius 1 is 1.25 bits per heavy atom. The molecule has 0 fully saturated rings. The van der Waals surface area contributed by atoms with Gasteiger partial charge >= 0.3 is 0 Å². The number of methoxy groups -OCH3 is 1. The third kappa shape index (κ3) is 2.79. The van der Waals surface area contributed by atoms with Gasteiger partial charge in [-0.2, -0.15) is 0 Å². The fraction of sp³-hybridized carbons (Fsp3) is 0.438. The van der Waals surface area contributed by atoms with Crippen molar-refractivity contribution in [1.82, 2.24) is 9.78 Å². The van der Waals surface area contributed by atoms with Gasteiger partial charge in [0, 0.05) is 5.56 Å². The van der Waals surface area contributed by atoms with Crippen molar-refractivity contribution in [2.75, 3.05) is 7.11 Å². The average molecular weight is 274 g/mol. The smallest absolute Gasteiger partial charge is 0.234 e. The summed E-state index contributed by atoms with van der Waals surface area (Å²) in [6.45, 7) is 6.37. The SMILES string of the molecule is CCc1c(CC(C)C)c(O)nn1-c1ccc(OC)cc1. The number of hydrogen-bond acceptors (Lipinski definition) is 3. The van der Waals surface area contributed by atoms with Gasteiger partial charge in [-0.1, -0.05) is 20.8 Å². The van der Waals surface area contributed by atoms with E-state index in [1.807, 2.05) is 28.9 Å². The maximum absolute atomic E-state index is 10.1. The van der Waals surface area contributed by atoms with Gasteiger partial charge in [0.2, 0.25) is 5.88 Å². The number of rotatable bonds is 5. The second-order valence-corrected chi connectivity index (χ2v) is 5.31. The molecule has 0 aliphatic rings. The zero-order chi connectivity index (χ0) is 14.7. The van der Waals surface area contributed by atoms with E-state index in [-0.39, 0.29) is 5.88 Å². The minimum absolute atomic E-state index is 0.145. The van der Waals surface area contributed by atoms with Crippen molar-refractivity contribution in [2.45, 2.75) is 33.6 Å². The van der Waals surface area contributed by atoms with Gasteiger partial charge in [-0.05, 0) is 43.0 Å². The zero-order valence-corrected chi connectivity index (χ0v) is 12.6. The number of ether oxygens (including phenoxy) is 1. The Balaban J connectivity index is 2.45. The maximum Gasteiger partial charge on any atom is 0.234 e. The summed E-state index contributed by atoms with van der Waals surface area (Å²) in [5, 5.41) is 14.4. The van der Waals surface area contributed by atoms with Gasteiger partial charge in [-0.3, -0.25) is 0 Å². The first-order chi connectivity index (χ1) is 9.56. The van der Waals surface area contributed by atoms with Gasteiger partial charge in [-0.25, -0.2) is 4.68 Å². The summed E-state index contributed by atoms with van der Waals surface area (Å²) < 4.78 is 6.99. The van der Waals surface area contributed by atoms with E-state index < -0.39 is 0 Å². The number of benzene rings is 1. The summed E-state index contributed by atoms with van der Waals surface area (Å²) in [6, 6.07) is 7.69. The Labute approximate surface area is 120 Å². The molecule has 0 aliphatic carbocycles. The highest BCUT2D eigenvalue weighted by molar-refractivity contribution is 5.42. The second kappa shape index (κ2) is 5.99. The van der Waals surface area contributed by atoms with Crippen molar-refractivity contribution >= 4 is 0 Å². The van der Waals surface area contributed by atoms with Crippen molar-refractivity contribution in [3.63, 3.8) is 0 Å². The van der Waals surface area contributed by atoms with Crippen molar-refractivity contribution in [2.24, 2.45) is 5.92 Å². The summed E-state index contributed by atoms with van der Waals surface area (Å²) >= 11 is 0. The maximum atomic E-state index is 10.1. The first-order valence-electron chi connectivity index (χ1n) is 7.01. The molecule has 0 spiro atoms. The molecule has 0 saturated carbocycles. The molecule has 4 nitrogen and oxygen atoms in total. The van der Waals surface area contributed by atoms with Crippen LogP contribution in [0.3, 0.4) is 0 Å². The summed E-state index contributed by atoms with van der Waals surface area (Å²) in [4.78, 5) is 0. The standard InChI is InChI=1S/C16H22N2O2/c1-5-15-14(10-11(2)3)16(19)17-18(15)12-6-8-13(20-4)9-7-12/h6-9,11H,5,10H2,1-4H3,(H,17,19). The summed E-state index contributed by atoms with van der Waals surface area (Å²) in [6.07, 6.45) is 1.67. The van der Waals surface area contributed by atoms with Crippen LogP contribution in [0.15, 0.2) is 24.3 Å². The third-order valence-electron chi connectivity index (χ3n) is 3.33. The Bertz CT molecular complexity index is 571. The summed E-state index contributed by atoms with van der Waals surface area (Å²) in [5.74, 6) is 1.44. The molecule has 4 heteroatoms. The molecule has 0 unspecified atom stereocenters. The lowest BCUT2D eigenvalue weighted by atomic mass is 10.0. The minimum atomic E-state index is 0.145. The first kappa shape index (κ1) is 14.4. The molecule has 1 aromatic carbocycles. The van der Waals surface area contributed by atoms with Crippen LogP contribution in [0.4, 0.5) is 0 Å². The average Bonchev–Trinajstić information content (AvgIpc) is 2.75. The van der Waals surface area contributed by atoms with Gasteiger partial charge in [0.1, 0.15) is 5.75 Å². The van der Waals surface area contributed by atoms with Crippen LogP contribution in [0.2, 0.25) is 0 Å². The van der Waals surface area contributed by atoms with E-state index in [1.165, 1.54) is 0 Å². The second-order valence-electron chi connectivity index (χ2n) is 5.31. The molecule has 2 rings (SSSR count). The van der Waals surface area contributed by atoms with Crippen LogP contribution in [0, 0.1) is 5.92 Å². The van der Waals surface area contributed by atoms with E-state index in [4.69, 9.17) is 4.74 Å². The lowest BCUT2D eigenvalue weighted by molar-refractivity contribution is 0.414. The molecule has 1 N–H and O–H groups in total. The molecule has 1 aromatic heterocycles. The lowest BCUT2D eigenvalue weighted by Gasteiger charge is -2.09. The zero-order valence-electron chi connectivity index (χ0n) is 12.6. The Morgan fingerprint density at radius 2 is 1.90 bits per heavy atom. The number of nitrogens with zero attached hydrogens (tertiary/aromatic N) is 2. The van der Waals surface area contributed by atoms with Crippen LogP contribution >= 0.6 is 0 Å². The van der Waals surface area contributed by atoms with Crippen LogP contribution in [0.25, 0.3) is 5.69 Å². The molecule has 0 saturated heterocycles. The Hall–Kier alpha value is -1.97. The highest BCUT2D eigenvalue weighted by atomic mass is 16.5. The quantitative estimate of drug-likeness (QED) is 0.909. The normalized spacial score (nSPS) is 11.1. The summed E-state index contributed by atoms with van der Waals surface area (Å²) in [7, 11) is 1.65. The topological polar surface area (TPSA) is 47.3 Å². The van der Waals surface area contributed by atoms with Crippen molar-refractivity contribution in [3.8, 4) is 17.3 Å². The fourth-order valence-electron chi connectivity index (χ4n) is 2.39. The van der Waals surface area contributed by atoms with Gasteiger partial charge in [0.25, 0.3) is 0 Å². The van der Waals surface area contributed by atoms with Crippen LogP contribution in [-0.2, 0) is 12.8 Å². The number of hydrogen-bond donors (Lipinski definition) is 1. The van der Waals surface area contributed by atoms with E-state index in [0.717, 1.165) is 35.5 Å². The lowest BCUT2D eigenvalue weighted by Crippen LogP contribution is -2.04. The number of aromatic hydroxyl groups is 1. The molecular weight excluding hydrogens is 252 g/mol. The molecule has 108 valence electrons. The molecule has 0 atom stereocenters. The van der Waals surface area contributed by atoms with Crippen molar-refractivity contribution < 1.29 is 9.84 Å². The molecule has 20 heavy (non-hydrogen) atoms. The summed E-state index contributed by atoms with van der Waals surface area (Å²) in [5.41, 5.74) is 2.97. The van der Waals surface area contributed by atoms with Crippen LogP contribution < -0.4 is 4.74 Å². The molecule has 0 aliphatic heterocycles. The van der Waals surface area contributed by atoms with Crippen molar-refractivity contribution in [3.05, 3.63) is 35.5 Å². The van der Waals surface area contributed by atoms with Gasteiger partial charge in [0.15, 0.2) is 0 Å². The Kier molecular flexibility index (Phi) is 4.32. The third-order valence-corrected chi connectivity index (χ3v) is 3.33.